The zero-order chi connectivity index (χ0) is 16.2. The molecule has 0 radical (unpaired) electrons. The van der Waals surface area contributed by atoms with E-state index in [2.05, 4.69) is 0 Å². The Bertz CT molecular complexity index is 766. The van der Waals surface area contributed by atoms with Gasteiger partial charge in [0.2, 0.25) is 0 Å². The lowest BCUT2D eigenvalue weighted by molar-refractivity contribution is -0.384. The molecule has 2 aromatic rings. The second-order valence-electron chi connectivity index (χ2n) is 4.79. The topological polar surface area (TPSA) is 76.2 Å². The van der Waals surface area contributed by atoms with E-state index in [1.807, 2.05) is 53.9 Å². The van der Waals surface area contributed by atoms with Crippen molar-refractivity contribution < 1.29 is 9.66 Å². The van der Waals surface area contributed by atoms with Gasteiger partial charge in [0.25, 0.3) is 5.69 Å². The molecule has 0 unspecified atom stereocenters. The molecule has 0 spiro atoms. The quantitative estimate of drug-likeness (QED) is 0.589. The number of non-ortho nitro benzene ring substituents is 1. The predicted molar refractivity (Wildman–Crippen MR) is 92.0 cm³/mol. The summed E-state index contributed by atoms with van der Waals surface area (Å²) in [6.07, 6.45) is 0. The van der Waals surface area contributed by atoms with Gasteiger partial charge in [-0.3, -0.25) is 10.1 Å². The molecule has 0 aromatic heterocycles. The van der Waals surface area contributed by atoms with Crippen LogP contribution in [0, 0.1) is 21.4 Å². The summed E-state index contributed by atoms with van der Waals surface area (Å²) in [5, 5.41) is 19.9. The van der Waals surface area contributed by atoms with Crippen molar-refractivity contribution in [3.05, 3.63) is 63.7 Å². The van der Waals surface area contributed by atoms with Gasteiger partial charge in [-0.05, 0) is 23.8 Å². The monoisotopic (exact) mass is 344 g/mol. The number of nitro groups is 1. The fraction of sp³-hybridized carbons (Fsp3) is 0.188. The molecule has 5 nitrogen and oxygen atoms in total. The highest BCUT2D eigenvalue weighted by atomic mass is 32.2. The highest BCUT2D eigenvalue weighted by Crippen LogP contribution is 2.45. The van der Waals surface area contributed by atoms with Crippen LogP contribution in [0.15, 0.2) is 42.5 Å². The summed E-state index contributed by atoms with van der Waals surface area (Å²) < 4.78 is 6.16. The third-order valence-electron chi connectivity index (χ3n) is 3.30. The molecule has 7 heteroatoms. The van der Waals surface area contributed by atoms with Crippen molar-refractivity contribution in [1.82, 2.24) is 0 Å². The zero-order valence-electron chi connectivity index (χ0n) is 12.0. The van der Waals surface area contributed by atoms with Gasteiger partial charge in [0, 0.05) is 23.6 Å². The van der Waals surface area contributed by atoms with Crippen LogP contribution in [0.3, 0.4) is 0 Å². The number of benzene rings is 2. The van der Waals surface area contributed by atoms with Crippen molar-refractivity contribution in [3.63, 3.8) is 0 Å². The molecule has 1 aliphatic rings. The molecule has 0 bridgehead atoms. The first-order valence-electron chi connectivity index (χ1n) is 6.87. The molecule has 0 atom stereocenters. The summed E-state index contributed by atoms with van der Waals surface area (Å²) in [7, 11) is 0. The maximum atomic E-state index is 10.8. The Morgan fingerprint density at radius 1 is 1.17 bits per heavy atom. The Hall–Kier alpha value is -2.17. The molecule has 0 N–H and O–H groups in total. The van der Waals surface area contributed by atoms with E-state index in [9.17, 15) is 10.1 Å². The van der Waals surface area contributed by atoms with E-state index in [1.54, 1.807) is 0 Å². The fourth-order valence-corrected chi connectivity index (χ4v) is 5.04. The van der Waals surface area contributed by atoms with Gasteiger partial charge in [-0.15, -0.1) is 23.5 Å². The van der Waals surface area contributed by atoms with Crippen LogP contribution in [0.4, 0.5) is 5.69 Å². The second kappa shape index (κ2) is 6.94. The summed E-state index contributed by atoms with van der Waals surface area (Å²) in [5.41, 5.74) is 1.26. The standard InChI is InChI=1S/C16H12N2O3S2/c17-10-12-9-13(18(19)20)3-6-15(12)21-14-4-1-11(2-5-14)16-22-7-8-23-16/h1-6,9,16H,7-8H2. The molecular formula is C16H12N2O3S2. The molecule has 0 amide bonds. The Morgan fingerprint density at radius 2 is 1.87 bits per heavy atom. The van der Waals surface area contributed by atoms with Crippen molar-refractivity contribution in [2.75, 3.05) is 11.5 Å². The van der Waals surface area contributed by atoms with Crippen LogP contribution in [0.2, 0.25) is 0 Å². The SMILES string of the molecule is N#Cc1cc([N+](=O)[O-])ccc1Oc1ccc(C2SCCS2)cc1. The third-order valence-corrected chi connectivity index (χ3v) is 6.40. The average Bonchev–Trinajstić information content (AvgIpc) is 3.10. The summed E-state index contributed by atoms with van der Waals surface area (Å²) in [5.74, 6) is 3.26. The lowest BCUT2D eigenvalue weighted by Gasteiger charge is -2.10. The minimum Gasteiger partial charge on any atom is -0.456 e. The predicted octanol–water partition coefficient (Wildman–Crippen LogP) is 4.74. The van der Waals surface area contributed by atoms with Gasteiger partial charge >= 0.3 is 0 Å². The van der Waals surface area contributed by atoms with Gasteiger partial charge < -0.3 is 4.74 Å². The smallest absolute Gasteiger partial charge is 0.271 e. The number of hydrogen-bond donors (Lipinski definition) is 0. The Kier molecular flexibility index (Phi) is 4.74. The van der Waals surface area contributed by atoms with Crippen LogP contribution in [0.5, 0.6) is 11.5 Å². The Morgan fingerprint density at radius 3 is 2.48 bits per heavy atom. The second-order valence-corrected chi connectivity index (χ2v) is 7.52. The number of ether oxygens (including phenoxy) is 1. The van der Waals surface area contributed by atoms with Crippen molar-refractivity contribution >= 4 is 29.2 Å². The van der Waals surface area contributed by atoms with E-state index in [0.717, 1.165) is 0 Å². The molecule has 1 aliphatic heterocycles. The molecule has 1 saturated heterocycles. The van der Waals surface area contributed by atoms with Gasteiger partial charge in [-0.2, -0.15) is 5.26 Å². The number of nitro benzene ring substituents is 1. The maximum Gasteiger partial charge on any atom is 0.271 e. The zero-order valence-corrected chi connectivity index (χ0v) is 13.6. The first kappa shape index (κ1) is 15.7. The number of hydrogen-bond acceptors (Lipinski definition) is 6. The lowest BCUT2D eigenvalue weighted by Crippen LogP contribution is -1.93. The molecule has 1 heterocycles. The van der Waals surface area contributed by atoms with Crippen molar-refractivity contribution in [2.45, 2.75) is 4.58 Å². The van der Waals surface area contributed by atoms with Gasteiger partial charge in [0.15, 0.2) is 0 Å². The number of thioether (sulfide) groups is 2. The summed E-state index contributed by atoms with van der Waals surface area (Å²) >= 11 is 3.86. The molecule has 0 saturated carbocycles. The first-order valence-corrected chi connectivity index (χ1v) is 8.96. The third kappa shape index (κ3) is 3.60. The summed E-state index contributed by atoms with van der Waals surface area (Å²) in [6, 6.07) is 13.7. The highest BCUT2D eigenvalue weighted by Gasteiger charge is 2.18. The highest BCUT2D eigenvalue weighted by molar-refractivity contribution is 8.19. The van der Waals surface area contributed by atoms with Crippen LogP contribution in [0.25, 0.3) is 0 Å². The van der Waals surface area contributed by atoms with Gasteiger partial charge in [0.1, 0.15) is 23.1 Å². The van der Waals surface area contributed by atoms with E-state index in [1.165, 1.54) is 35.3 Å². The molecule has 23 heavy (non-hydrogen) atoms. The van der Waals surface area contributed by atoms with E-state index >= 15 is 0 Å². The molecule has 0 aliphatic carbocycles. The fourth-order valence-electron chi connectivity index (χ4n) is 2.18. The van der Waals surface area contributed by atoms with Crippen LogP contribution >= 0.6 is 23.5 Å². The Labute approximate surface area is 141 Å². The number of rotatable bonds is 4. The first-order chi connectivity index (χ1) is 11.2. The number of nitriles is 1. The van der Waals surface area contributed by atoms with E-state index in [4.69, 9.17) is 10.00 Å². The van der Waals surface area contributed by atoms with Crippen LogP contribution in [-0.4, -0.2) is 16.4 Å². The van der Waals surface area contributed by atoms with Gasteiger partial charge in [-0.1, -0.05) is 12.1 Å². The maximum absolute atomic E-state index is 10.8. The number of nitrogens with zero attached hydrogens (tertiary/aromatic N) is 2. The van der Waals surface area contributed by atoms with Gasteiger partial charge in [0.05, 0.1) is 9.51 Å². The normalized spacial score (nSPS) is 14.4. The van der Waals surface area contributed by atoms with Crippen molar-refractivity contribution in [2.24, 2.45) is 0 Å². The molecule has 116 valence electrons. The van der Waals surface area contributed by atoms with Crippen LogP contribution in [0.1, 0.15) is 15.7 Å². The van der Waals surface area contributed by atoms with Crippen LogP contribution in [-0.2, 0) is 0 Å². The van der Waals surface area contributed by atoms with Crippen molar-refractivity contribution in [1.29, 1.82) is 5.26 Å². The molecule has 3 rings (SSSR count). The van der Waals surface area contributed by atoms with E-state index in [-0.39, 0.29) is 11.3 Å². The average molecular weight is 344 g/mol. The minimum absolute atomic E-state index is 0.125. The molecule has 1 fully saturated rings. The molecular weight excluding hydrogens is 332 g/mol. The van der Waals surface area contributed by atoms with Crippen molar-refractivity contribution in [3.8, 4) is 17.6 Å². The minimum atomic E-state index is -0.531. The summed E-state index contributed by atoms with van der Waals surface area (Å²) in [6.45, 7) is 0. The van der Waals surface area contributed by atoms with Gasteiger partial charge in [-0.25, -0.2) is 0 Å². The largest absolute Gasteiger partial charge is 0.456 e. The van der Waals surface area contributed by atoms with E-state index < -0.39 is 4.92 Å². The Balaban J connectivity index is 1.79. The van der Waals surface area contributed by atoms with Crippen LogP contribution < -0.4 is 4.74 Å². The summed E-state index contributed by atoms with van der Waals surface area (Å²) in [4.78, 5) is 10.2. The van der Waals surface area contributed by atoms with E-state index in [0.29, 0.717) is 16.1 Å². The lowest BCUT2D eigenvalue weighted by atomic mass is 10.2. The molecule has 2 aromatic carbocycles.